The van der Waals surface area contributed by atoms with Crippen LogP contribution in [0.15, 0.2) is 237 Å². The minimum atomic E-state index is 1.09. The topological polar surface area (TPSA) is 13.1 Å². The Kier molecular flexibility index (Phi) is 8.17. The average molecular weight is 778 g/mol. The van der Waals surface area contributed by atoms with Crippen molar-refractivity contribution in [3.8, 4) is 33.6 Å². The van der Waals surface area contributed by atoms with Gasteiger partial charge in [-0.2, -0.15) is 0 Å². The second-order valence-electron chi connectivity index (χ2n) is 15.8. The summed E-state index contributed by atoms with van der Waals surface area (Å²) in [5.41, 5.74) is 15.2. The highest BCUT2D eigenvalue weighted by Crippen LogP contribution is 2.40. The van der Waals surface area contributed by atoms with Crippen molar-refractivity contribution in [3.05, 3.63) is 237 Å². The standard InChI is InChI=1S/C58H39N3/c1-3-15-46(16-4-1)59(48-29-25-41(26-30-48)44-27-35-57-53(38-44)51-19-9-11-21-55(51)60(57)47-17-5-2-6-18-47)49-31-33-50(34-32-49)61-56-22-12-10-20-52(56)54-39-45(28-36-58(54)61)43-24-23-40-13-7-8-14-42(40)37-43/h1-39H. The Balaban J connectivity index is 0.906. The van der Waals surface area contributed by atoms with E-state index in [1.807, 2.05) is 0 Å². The first-order chi connectivity index (χ1) is 30.2. The van der Waals surface area contributed by atoms with E-state index in [4.69, 9.17) is 0 Å². The molecule has 0 aliphatic rings. The molecule has 0 radical (unpaired) electrons. The maximum Gasteiger partial charge on any atom is 0.0541 e. The second-order valence-corrected chi connectivity index (χ2v) is 15.8. The van der Waals surface area contributed by atoms with Crippen LogP contribution in [0, 0.1) is 0 Å². The third kappa shape index (κ3) is 5.90. The minimum Gasteiger partial charge on any atom is -0.311 e. The van der Waals surface area contributed by atoms with Gasteiger partial charge in [0.25, 0.3) is 0 Å². The second kappa shape index (κ2) is 14.3. The first-order valence-corrected chi connectivity index (χ1v) is 20.9. The van der Waals surface area contributed by atoms with Gasteiger partial charge in [-0.3, -0.25) is 0 Å². The van der Waals surface area contributed by atoms with Gasteiger partial charge < -0.3 is 14.0 Å². The molecule has 0 N–H and O–H groups in total. The molecule has 0 unspecified atom stereocenters. The lowest BCUT2D eigenvalue weighted by atomic mass is 9.99. The van der Waals surface area contributed by atoms with Gasteiger partial charge in [-0.05, 0) is 136 Å². The van der Waals surface area contributed by atoms with Crippen LogP contribution in [0.25, 0.3) is 88.0 Å². The van der Waals surface area contributed by atoms with Crippen molar-refractivity contribution in [3.63, 3.8) is 0 Å². The van der Waals surface area contributed by atoms with Gasteiger partial charge in [0.1, 0.15) is 0 Å². The van der Waals surface area contributed by atoms with Crippen molar-refractivity contribution in [1.29, 1.82) is 0 Å². The highest BCUT2D eigenvalue weighted by Gasteiger charge is 2.17. The molecule has 3 heteroatoms. The summed E-state index contributed by atoms with van der Waals surface area (Å²) in [4.78, 5) is 2.34. The van der Waals surface area contributed by atoms with E-state index in [0.717, 1.165) is 22.7 Å². The fourth-order valence-corrected chi connectivity index (χ4v) is 9.39. The summed E-state index contributed by atoms with van der Waals surface area (Å²) in [6.45, 7) is 0. The number of benzene rings is 10. The van der Waals surface area contributed by atoms with Gasteiger partial charge >= 0.3 is 0 Å². The van der Waals surface area contributed by atoms with Crippen LogP contribution in [0.4, 0.5) is 17.1 Å². The van der Waals surface area contributed by atoms with Crippen LogP contribution in [-0.2, 0) is 0 Å². The van der Waals surface area contributed by atoms with E-state index >= 15 is 0 Å². The molecule has 0 spiro atoms. The summed E-state index contributed by atoms with van der Waals surface area (Å²) in [5, 5.41) is 7.51. The Hall–Kier alpha value is -8.14. The number of anilines is 3. The number of hydrogen-bond acceptors (Lipinski definition) is 1. The van der Waals surface area contributed by atoms with Crippen molar-refractivity contribution in [1.82, 2.24) is 9.13 Å². The van der Waals surface area contributed by atoms with Gasteiger partial charge in [-0.15, -0.1) is 0 Å². The third-order valence-electron chi connectivity index (χ3n) is 12.3. The molecule has 0 aliphatic carbocycles. The molecule has 12 rings (SSSR count). The monoisotopic (exact) mass is 777 g/mol. The Bertz CT molecular complexity index is 3560. The van der Waals surface area contributed by atoms with Crippen LogP contribution in [0.5, 0.6) is 0 Å². The number of rotatable bonds is 7. The molecular formula is C58H39N3. The van der Waals surface area contributed by atoms with Gasteiger partial charge in [0.05, 0.1) is 22.1 Å². The van der Waals surface area contributed by atoms with E-state index < -0.39 is 0 Å². The van der Waals surface area contributed by atoms with Crippen LogP contribution >= 0.6 is 0 Å². The number of nitrogens with zero attached hydrogens (tertiary/aromatic N) is 3. The quantitative estimate of drug-likeness (QED) is 0.157. The maximum atomic E-state index is 2.40. The van der Waals surface area contributed by atoms with Gasteiger partial charge in [0.2, 0.25) is 0 Å². The average Bonchev–Trinajstić information content (AvgIpc) is 3.85. The molecule has 0 aliphatic heterocycles. The van der Waals surface area contributed by atoms with Gasteiger partial charge in [-0.1, -0.05) is 133 Å². The van der Waals surface area contributed by atoms with Crippen molar-refractivity contribution in [2.75, 3.05) is 4.90 Å². The molecule has 0 amide bonds. The molecule has 0 bridgehead atoms. The van der Waals surface area contributed by atoms with E-state index in [-0.39, 0.29) is 0 Å². The van der Waals surface area contributed by atoms with E-state index in [0.29, 0.717) is 0 Å². The molecule has 2 aromatic heterocycles. The smallest absolute Gasteiger partial charge is 0.0541 e. The van der Waals surface area contributed by atoms with Crippen LogP contribution in [0.3, 0.4) is 0 Å². The van der Waals surface area contributed by atoms with Gasteiger partial charge in [-0.25, -0.2) is 0 Å². The lowest BCUT2D eigenvalue weighted by Gasteiger charge is -2.26. The normalized spacial score (nSPS) is 11.6. The number of para-hydroxylation sites is 4. The van der Waals surface area contributed by atoms with Crippen molar-refractivity contribution < 1.29 is 0 Å². The summed E-state index contributed by atoms with van der Waals surface area (Å²) in [5.74, 6) is 0. The zero-order chi connectivity index (χ0) is 40.3. The summed E-state index contributed by atoms with van der Waals surface area (Å²) in [6, 6.07) is 85.8. The largest absolute Gasteiger partial charge is 0.311 e. The Morgan fingerprint density at radius 2 is 0.656 bits per heavy atom. The van der Waals surface area contributed by atoms with E-state index in [2.05, 4.69) is 251 Å². The van der Waals surface area contributed by atoms with E-state index in [9.17, 15) is 0 Å². The summed E-state index contributed by atoms with van der Waals surface area (Å²) < 4.78 is 4.76. The van der Waals surface area contributed by atoms with E-state index in [1.54, 1.807) is 0 Å². The molecule has 286 valence electrons. The Labute approximate surface area is 354 Å². The van der Waals surface area contributed by atoms with Crippen LogP contribution in [0.1, 0.15) is 0 Å². The van der Waals surface area contributed by atoms with Gasteiger partial charge in [0.15, 0.2) is 0 Å². The molecule has 0 saturated heterocycles. The van der Waals surface area contributed by atoms with Crippen molar-refractivity contribution >= 4 is 71.4 Å². The SMILES string of the molecule is c1ccc(N(c2ccc(-c3ccc4c(c3)c3ccccc3n4-c3ccccc3)cc2)c2ccc(-n3c4ccccc4c4cc(-c5ccc6ccccc6c5)ccc43)cc2)cc1. The van der Waals surface area contributed by atoms with Crippen molar-refractivity contribution in [2.24, 2.45) is 0 Å². The van der Waals surface area contributed by atoms with Crippen LogP contribution < -0.4 is 4.90 Å². The predicted molar refractivity (Wildman–Crippen MR) is 258 cm³/mol. The van der Waals surface area contributed by atoms with Crippen molar-refractivity contribution in [2.45, 2.75) is 0 Å². The summed E-state index contributed by atoms with van der Waals surface area (Å²) in [6.07, 6.45) is 0. The molecule has 0 saturated carbocycles. The maximum absolute atomic E-state index is 2.40. The highest BCUT2D eigenvalue weighted by molar-refractivity contribution is 6.11. The molecule has 3 nitrogen and oxygen atoms in total. The number of hydrogen-bond donors (Lipinski definition) is 0. The Morgan fingerprint density at radius 1 is 0.246 bits per heavy atom. The predicted octanol–water partition coefficient (Wildman–Crippen LogP) is 15.8. The summed E-state index contributed by atoms with van der Waals surface area (Å²) >= 11 is 0. The Morgan fingerprint density at radius 3 is 1.28 bits per heavy atom. The summed E-state index contributed by atoms with van der Waals surface area (Å²) in [7, 11) is 0. The van der Waals surface area contributed by atoms with Crippen LogP contribution in [0.2, 0.25) is 0 Å². The highest BCUT2D eigenvalue weighted by atomic mass is 15.1. The fraction of sp³-hybridized carbons (Fsp3) is 0. The molecule has 61 heavy (non-hydrogen) atoms. The number of fused-ring (bicyclic) bond motifs is 7. The van der Waals surface area contributed by atoms with Crippen LogP contribution in [-0.4, -0.2) is 9.13 Å². The molecule has 0 atom stereocenters. The molecular weight excluding hydrogens is 739 g/mol. The van der Waals surface area contributed by atoms with Gasteiger partial charge in [0, 0.05) is 50.0 Å². The number of aromatic nitrogens is 2. The first kappa shape index (κ1) is 34.9. The molecule has 12 aromatic rings. The lowest BCUT2D eigenvalue weighted by molar-refractivity contribution is 1.17. The zero-order valence-corrected chi connectivity index (χ0v) is 33.4. The zero-order valence-electron chi connectivity index (χ0n) is 33.4. The molecule has 10 aromatic carbocycles. The minimum absolute atomic E-state index is 1.09. The third-order valence-corrected chi connectivity index (χ3v) is 12.3. The molecule has 0 fully saturated rings. The lowest BCUT2D eigenvalue weighted by Crippen LogP contribution is -2.10. The fourth-order valence-electron chi connectivity index (χ4n) is 9.39. The van der Waals surface area contributed by atoms with E-state index in [1.165, 1.54) is 82.3 Å². The molecule has 2 heterocycles. The first-order valence-electron chi connectivity index (χ1n) is 20.9.